The summed E-state index contributed by atoms with van der Waals surface area (Å²) in [6, 6.07) is 19.7. The Labute approximate surface area is 204 Å². The van der Waals surface area contributed by atoms with Crippen molar-refractivity contribution >= 4 is 34.2 Å². The smallest absolute Gasteiger partial charge is 0.416 e. The van der Waals surface area contributed by atoms with Crippen molar-refractivity contribution in [2.75, 3.05) is 18.1 Å². The van der Waals surface area contributed by atoms with Gasteiger partial charge in [-0.1, -0.05) is 41.9 Å². The zero-order valence-corrected chi connectivity index (χ0v) is 19.3. The van der Waals surface area contributed by atoms with E-state index < -0.39 is 11.7 Å². The summed E-state index contributed by atoms with van der Waals surface area (Å²) in [6.07, 6.45) is -4.32. The fourth-order valence-electron chi connectivity index (χ4n) is 4.43. The number of hydrogen-bond acceptors (Lipinski definition) is 3. The van der Waals surface area contributed by atoms with Crippen molar-refractivity contribution in [1.82, 2.24) is 9.55 Å². The van der Waals surface area contributed by atoms with E-state index in [9.17, 15) is 18.0 Å². The van der Waals surface area contributed by atoms with E-state index in [1.54, 1.807) is 12.1 Å². The Bertz CT molecular complexity index is 1390. The first-order valence-corrected chi connectivity index (χ1v) is 11.5. The van der Waals surface area contributed by atoms with Gasteiger partial charge in [0.15, 0.2) is 0 Å². The number of carbonyl (C=O) groups excluding carboxylic acids is 1. The van der Waals surface area contributed by atoms with Crippen molar-refractivity contribution in [1.29, 1.82) is 0 Å². The summed E-state index contributed by atoms with van der Waals surface area (Å²) in [5, 5.41) is 0.515. The molecule has 1 aliphatic heterocycles. The van der Waals surface area contributed by atoms with E-state index in [0.29, 0.717) is 29.7 Å². The van der Waals surface area contributed by atoms with Gasteiger partial charge in [0.25, 0.3) is 0 Å². The van der Waals surface area contributed by atoms with Crippen LogP contribution in [0.4, 0.5) is 18.9 Å². The number of amides is 1. The molecule has 35 heavy (non-hydrogen) atoms. The van der Waals surface area contributed by atoms with Gasteiger partial charge in [0.2, 0.25) is 5.91 Å². The van der Waals surface area contributed by atoms with E-state index in [4.69, 9.17) is 21.3 Å². The molecule has 5 nitrogen and oxygen atoms in total. The number of fused-ring (bicyclic) bond motifs is 1. The first kappa shape index (κ1) is 23.2. The Morgan fingerprint density at radius 3 is 2.60 bits per heavy atom. The molecule has 1 atom stereocenters. The maximum absolute atomic E-state index is 13.2. The average Bonchev–Trinajstić information content (AvgIpc) is 3.40. The molecule has 3 aromatic carbocycles. The molecule has 0 N–H and O–H groups in total. The summed E-state index contributed by atoms with van der Waals surface area (Å²) in [4.78, 5) is 19.0. The van der Waals surface area contributed by atoms with Crippen molar-refractivity contribution in [3.8, 4) is 5.75 Å². The second-order valence-electron chi connectivity index (χ2n) is 8.34. The molecule has 0 saturated carbocycles. The van der Waals surface area contributed by atoms with Gasteiger partial charge in [-0.05, 0) is 42.5 Å². The Kier molecular flexibility index (Phi) is 6.15. The normalized spacial score (nSPS) is 16.3. The summed E-state index contributed by atoms with van der Waals surface area (Å²) >= 11 is 6.19. The van der Waals surface area contributed by atoms with Crippen LogP contribution < -0.4 is 9.64 Å². The van der Waals surface area contributed by atoms with Gasteiger partial charge in [-0.25, -0.2) is 4.98 Å². The number of ether oxygens (including phenoxy) is 1. The first-order valence-electron chi connectivity index (χ1n) is 11.1. The SMILES string of the molecule is O=C1C[C@@H](c2nc3ccccc3n2CCOc2ccccc2Cl)CN1c1cccc(C(F)(F)F)c1. The highest BCUT2D eigenvalue weighted by Crippen LogP contribution is 2.36. The largest absolute Gasteiger partial charge is 0.490 e. The van der Waals surface area contributed by atoms with Crippen LogP contribution in [0.2, 0.25) is 5.02 Å². The second-order valence-corrected chi connectivity index (χ2v) is 8.75. The van der Waals surface area contributed by atoms with Crippen molar-refractivity contribution in [2.24, 2.45) is 0 Å². The summed E-state index contributed by atoms with van der Waals surface area (Å²) in [7, 11) is 0. The molecule has 4 aromatic rings. The molecule has 1 amide bonds. The van der Waals surface area contributed by atoms with Crippen molar-refractivity contribution in [2.45, 2.75) is 25.1 Å². The van der Waals surface area contributed by atoms with Crippen LogP contribution in [0.3, 0.4) is 0 Å². The van der Waals surface area contributed by atoms with Crippen molar-refractivity contribution in [3.05, 3.63) is 89.2 Å². The molecule has 1 fully saturated rings. The third-order valence-corrected chi connectivity index (χ3v) is 6.38. The molecule has 9 heteroatoms. The van der Waals surface area contributed by atoms with Crippen molar-refractivity contribution < 1.29 is 22.7 Å². The van der Waals surface area contributed by atoms with Gasteiger partial charge in [0.1, 0.15) is 18.2 Å². The highest BCUT2D eigenvalue weighted by molar-refractivity contribution is 6.32. The van der Waals surface area contributed by atoms with Gasteiger partial charge in [-0.15, -0.1) is 0 Å². The predicted molar refractivity (Wildman–Crippen MR) is 128 cm³/mol. The molecule has 0 aliphatic carbocycles. The molecular weight excluding hydrogens is 479 g/mol. The van der Waals surface area contributed by atoms with Gasteiger partial charge >= 0.3 is 6.18 Å². The number of nitrogens with zero attached hydrogens (tertiary/aromatic N) is 3. The number of para-hydroxylation sites is 3. The van der Waals surface area contributed by atoms with E-state index in [0.717, 1.165) is 23.2 Å². The maximum Gasteiger partial charge on any atom is 0.416 e. The maximum atomic E-state index is 13.2. The van der Waals surface area contributed by atoms with Crippen LogP contribution in [-0.2, 0) is 17.5 Å². The summed E-state index contributed by atoms with van der Waals surface area (Å²) in [5.74, 6) is 0.772. The number of benzene rings is 3. The fraction of sp³-hybridized carbons (Fsp3) is 0.231. The first-order chi connectivity index (χ1) is 16.8. The number of alkyl halides is 3. The number of halogens is 4. The number of carbonyl (C=O) groups is 1. The molecule has 180 valence electrons. The summed E-state index contributed by atoms with van der Waals surface area (Å²) < 4.78 is 47.5. The minimum absolute atomic E-state index is 0.158. The monoisotopic (exact) mass is 499 g/mol. The molecule has 0 unspecified atom stereocenters. The molecule has 0 bridgehead atoms. The average molecular weight is 500 g/mol. The molecule has 0 spiro atoms. The minimum Gasteiger partial charge on any atom is -0.490 e. The molecule has 5 rings (SSSR count). The molecule has 1 aromatic heterocycles. The molecule has 1 aliphatic rings. The predicted octanol–water partition coefficient (Wildman–Crippen LogP) is 6.31. The van der Waals surface area contributed by atoms with E-state index in [2.05, 4.69) is 0 Å². The van der Waals surface area contributed by atoms with E-state index in [1.165, 1.54) is 17.0 Å². The zero-order valence-electron chi connectivity index (χ0n) is 18.5. The Morgan fingerprint density at radius 1 is 1.03 bits per heavy atom. The van der Waals surface area contributed by atoms with Crippen LogP contribution in [0, 0.1) is 0 Å². The van der Waals surface area contributed by atoms with Crippen LogP contribution >= 0.6 is 11.6 Å². The Hall–Kier alpha value is -3.52. The van der Waals surface area contributed by atoms with Gasteiger partial charge in [0, 0.05) is 24.6 Å². The number of anilines is 1. The molecule has 0 radical (unpaired) electrons. The van der Waals surface area contributed by atoms with Crippen LogP contribution in [0.5, 0.6) is 5.75 Å². The number of imidazole rings is 1. The Morgan fingerprint density at radius 2 is 1.80 bits per heavy atom. The minimum atomic E-state index is -4.48. The lowest BCUT2D eigenvalue weighted by Crippen LogP contribution is -2.25. The third kappa shape index (κ3) is 4.71. The lowest BCUT2D eigenvalue weighted by atomic mass is 10.1. The highest BCUT2D eigenvalue weighted by atomic mass is 35.5. The van der Waals surface area contributed by atoms with Crippen molar-refractivity contribution in [3.63, 3.8) is 0 Å². The third-order valence-electron chi connectivity index (χ3n) is 6.07. The molecule has 1 saturated heterocycles. The van der Waals surface area contributed by atoms with Gasteiger partial charge < -0.3 is 14.2 Å². The lowest BCUT2D eigenvalue weighted by molar-refractivity contribution is -0.137. The number of rotatable bonds is 6. The zero-order chi connectivity index (χ0) is 24.6. The van der Waals surface area contributed by atoms with Gasteiger partial charge in [0.05, 0.1) is 28.2 Å². The van der Waals surface area contributed by atoms with Gasteiger partial charge in [-0.3, -0.25) is 4.79 Å². The van der Waals surface area contributed by atoms with Crippen LogP contribution in [0.1, 0.15) is 23.7 Å². The second kappa shape index (κ2) is 9.26. The highest BCUT2D eigenvalue weighted by Gasteiger charge is 2.36. The number of aromatic nitrogens is 2. The Balaban J connectivity index is 1.41. The van der Waals surface area contributed by atoms with E-state index in [1.807, 2.05) is 41.0 Å². The van der Waals surface area contributed by atoms with E-state index >= 15 is 0 Å². The van der Waals surface area contributed by atoms with Crippen LogP contribution in [0.15, 0.2) is 72.8 Å². The molecular formula is C26H21ClF3N3O2. The quantitative estimate of drug-likeness (QED) is 0.312. The fourth-order valence-corrected chi connectivity index (χ4v) is 4.62. The molecule has 2 heterocycles. The van der Waals surface area contributed by atoms with Gasteiger partial charge in [-0.2, -0.15) is 13.2 Å². The van der Waals surface area contributed by atoms with Crippen LogP contribution in [-0.4, -0.2) is 28.6 Å². The standard InChI is InChI=1S/C26H21ClF3N3O2/c27-20-8-1-4-11-23(20)35-13-12-32-22-10-3-2-9-21(22)31-25(32)17-14-24(34)33(16-17)19-7-5-6-18(15-19)26(28,29)30/h1-11,15,17H,12-14,16H2/t17-/m1/s1. The lowest BCUT2D eigenvalue weighted by Gasteiger charge is -2.19. The summed E-state index contributed by atoms with van der Waals surface area (Å²) in [6.45, 7) is 1.04. The number of hydrogen-bond donors (Lipinski definition) is 0. The summed E-state index contributed by atoms with van der Waals surface area (Å²) in [5.41, 5.74) is 1.13. The van der Waals surface area contributed by atoms with Crippen LogP contribution in [0.25, 0.3) is 11.0 Å². The van der Waals surface area contributed by atoms with E-state index in [-0.39, 0.29) is 30.5 Å². The topological polar surface area (TPSA) is 47.4 Å².